The maximum absolute atomic E-state index is 12.4. The molecule has 0 amide bonds. The van der Waals surface area contributed by atoms with E-state index in [1.54, 1.807) is 6.07 Å². The highest BCUT2D eigenvalue weighted by Gasteiger charge is 2.29. The van der Waals surface area contributed by atoms with Crippen molar-refractivity contribution in [3.05, 3.63) is 34.9 Å². The molecule has 0 radical (unpaired) electrons. The molecule has 4 heteroatoms. The number of benzene rings is 1. The summed E-state index contributed by atoms with van der Waals surface area (Å²) in [4.78, 5) is 12.3. The third-order valence-corrected chi connectivity index (χ3v) is 6.96. The normalized spacial score (nSPS) is 19.4. The highest BCUT2D eigenvalue weighted by Crippen LogP contribution is 2.26. The van der Waals surface area contributed by atoms with Crippen LogP contribution in [0.3, 0.4) is 0 Å². The van der Waals surface area contributed by atoms with Crippen LogP contribution in [0.4, 0.5) is 0 Å². The third-order valence-electron chi connectivity index (χ3n) is 4.81. The Morgan fingerprint density at radius 2 is 1.71 bits per heavy atom. The molecule has 3 nitrogen and oxygen atoms in total. The second-order valence-corrected chi connectivity index (χ2v) is 8.61. The van der Waals surface area contributed by atoms with Crippen LogP contribution in [0.2, 0.25) is 0 Å². The van der Waals surface area contributed by atoms with Gasteiger partial charge < -0.3 is 0 Å². The number of rotatable bonds is 4. The molecule has 0 N–H and O–H groups in total. The van der Waals surface area contributed by atoms with Crippen molar-refractivity contribution in [1.82, 2.24) is 0 Å². The van der Waals surface area contributed by atoms with E-state index in [9.17, 15) is 13.2 Å². The van der Waals surface area contributed by atoms with Gasteiger partial charge in [0.25, 0.3) is 0 Å². The van der Waals surface area contributed by atoms with Gasteiger partial charge in [-0.15, -0.1) is 0 Å². The van der Waals surface area contributed by atoms with Crippen LogP contribution in [0.15, 0.2) is 18.2 Å². The van der Waals surface area contributed by atoms with Gasteiger partial charge in [-0.25, -0.2) is 8.42 Å². The molecule has 0 heterocycles. The number of aryl methyl sites for hydroxylation is 2. The lowest BCUT2D eigenvalue weighted by molar-refractivity contribution is 0.102. The SMILES string of the molecule is O=C(CS(=O)(=O)C1CCCCC1)c1ccc2c(c1)CCC2. The van der Waals surface area contributed by atoms with Crippen LogP contribution in [-0.2, 0) is 22.7 Å². The topological polar surface area (TPSA) is 51.2 Å². The lowest BCUT2D eigenvalue weighted by Crippen LogP contribution is -2.29. The highest BCUT2D eigenvalue weighted by atomic mass is 32.2. The zero-order valence-corrected chi connectivity index (χ0v) is 13.1. The molecule has 114 valence electrons. The second kappa shape index (κ2) is 5.91. The molecule has 0 bridgehead atoms. The van der Waals surface area contributed by atoms with Crippen LogP contribution in [0.25, 0.3) is 0 Å². The fourth-order valence-electron chi connectivity index (χ4n) is 3.55. The van der Waals surface area contributed by atoms with Crippen LogP contribution >= 0.6 is 0 Å². The standard InChI is InChI=1S/C17H22O3S/c18-17(12-21(19,20)16-7-2-1-3-8-16)15-10-9-13-5-4-6-14(13)11-15/h9-11,16H,1-8,12H2. The Kier molecular flexibility index (Phi) is 4.16. The van der Waals surface area contributed by atoms with Gasteiger partial charge >= 0.3 is 0 Å². The number of carbonyl (C=O) groups excluding carboxylic acids is 1. The van der Waals surface area contributed by atoms with Gasteiger partial charge in [0, 0.05) is 5.56 Å². The first-order chi connectivity index (χ1) is 10.1. The number of ketones is 1. The van der Waals surface area contributed by atoms with Crippen molar-refractivity contribution in [2.75, 3.05) is 5.75 Å². The van der Waals surface area contributed by atoms with Gasteiger partial charge in [-0.1, -0.05) is 31.4 Å². The number of Topliss-reactive ketones (excluding diaryl/α,β-unsaturated/α-hetero) is 1. The molecular formula is C17H22O3S. The van der Waals surface area contributed by atoms with Gasteiger partial charge in [0.05, 0.1) is 5.25 Å². The molecule has 0 aliphatic heterocycles. The first-order valence-corrected chi connectivity index (χ1v) is 9.64. The first kappa shape index (κ1) is 14.8. The molecule has 3 rings (SSSR count). The van der Waals surface area contributed by atoms with Gasteiger partial charge in [0.1, 0.15) is 5.75 Å². The lowest BCUT2D eigenvalue weighted by atomic mass is 10.0. The first-order valence-electron chi connectivity index (χ1n) is 7.93. The van der Waals surface area contributed by atoms with Gasteiger partial charge in [0.2, 0.25) is 0 Å². The minimum atomic E-state index is -3.29. The van der Waals surface area contributed by atoms with E-state index in [0.717, 1.165) is 51.4 Å². The minimum absolute atomic E-state index is 0.240. The van der Waals surface area contributed by atoms with E-state index in [2.05, 4.69) is 0 Å². The Bertz CT molecular complexity index is 640. The second-order valence-electron chi connectivity index (χ2n) is 6.33. The number of hydrogen-bond acceptors (Lipinski definition) is 3. The van der Waals surface area contributed by atoms with Crippen molar-refractivity contribution < 1.29 is 13.2 Å². The third kappa shape index (κ3) is 3.20. The van der Waals surface area contributed by atoms with Crippen molar-refractivity contribution in [1.29, 1.82) is 0 Å². The molecule has 0 spiro atoms. The number of sulfone groups is 1. The Hall–Kier alpha value is -1.16. The summed E-state index contributed by atoms with van der Waals surface area (Å²) in [6.45, 7) is 0. The van der Waals surface area contributed by atoms with Crippen LogP contribution < -0.4 is 0 Å². The summed E-state index contributed by atoms with van der Waals surface area (Å²) in [6.07, 6.45) is 7.71. The lowest BCUT2D eigenvalue weighted by Gasteiger charge is -2.21. The van der Waals surface area contributed by atoms with Crippen molar-refractivity contribution >= 4 is 15.6 Å². The van der Waals surface area contributed by atoms with E-state index in [0.29, 0.717) is 5.56 Å². The summed E-state index contributed by atoms with van der Waals surface area (Å²) in [5.41, 5.74) is 3.09. The summed E-state index contributed by atoms with van der Waals surface area (Å²) < 4.78 is 24.8. The largest absolute Gasteiger partial charge is 0.293 e. The van der Waals surface area contributed by atoms with E-state index in [4.69, 9.17) is 0 Å². The molecule has 1 aromatic rings. The van der Waals surface area contributed by atoms with Crippen molar-refractivity contribution in [2.24, 2.45) is 0 Å². The molecule has 0 unspecified atom stereocenters. The van der Waals surface area contributed by atoms with Gasteiger partial charge in [-0.3, -0.25) is 4.79 Å². The predicted molar refractivity (Wildman–Crippen MR) is 83.5 cm³/mol. The summed E-state index contributed by atoms with van der Waals surface area (Å²) >= 11 is 0. The van der Waals surface area contributed by atoms with Crippen LogP contribution in [-0.4, -0.2) is 25.2 Å². The van der Waals surface area contributed by atoms with E-state index in [1.165, 1.54) is 11.1 Å². The van der Waals surface area contributed by atoms with E-state index < -0.39 is 9.84 Å². The van der Waals surface area contributed by atoms with Gasteiger partial charge in [-0.2, -0.15) is 0 Å². The maximum Gasteiger partial charge on any atom is 0.177 e. The zero-order chi connectivity index (χ0) is 14.9. The van der Waals surface area contributed by atoms with E-state index >= 15 is 0 Å². The minimum Gasteiger partial charge on any atom is -0.293 e. The van der Waals surface area contributed by atoms with Crippen LogP contribution in [0.5, 0.6) is 0 Å². The highest BCUT2D eigenvalue weighted by molar-refractivity contribution is 7.92. The van der Waals surface area contributed by atoms with Crippen LogP contribution in [0.1, 0.15) is 60.0 Å². The quantitative estimate of drug-likeness (QED) is 0.803. The van der Waals surface area contributed by atoms with Crippen molar-refractivity contribution in [3.8, 4) is 0 Å². The van der Waals surface area contributed by atoms with Crippen molar-refractivity contribution in [2.45, 2.75) is 56.6 Å². The molecule has 0 aromatic heterocycles. The molecule has 2 aliphatic carbocycles. The van der Waals surface area contributed by atoms with E-state index in [1.807, 2.05) is 12.1 Å². The summed E-state index contributed by atoms with van der Waals surface area (Å²) in [5.74, 6) is -0.563. The molecule has 0 saturated heterocycles. The molecular weight excluding hydrogens is 284 g/mol. The Balaban J connectivity index is 1.73. The number of hydrogen-bond donors (Lipinski definition) is 0. The number of carbonyl (C=O) groups is 1. The molecule has 1 fully saturated rings. The average molecular weight is 306 g/mol. The Morgan fingerprint density at radius 3 is 2.48 bits per heavy atom. The number of fused-ring (bicyclic) bond motifs is 1. The van der Waals surface area contributed by atoms with Gasteiger partial charge in [-0.05, 0) is 49.3 Å². The maximum atomic E-state index is 12.4. The van der Waals surface area contributed by atoms with Crippen LogP contribution in [0, 0.1) is 0 Å². The smallest absolute Gasteiger partial charge is 0.177 e. The molecule has 2 aliphatic rings. The fraction of sp³-hybridized carbons (Fsp3) is 0.588. The van der Waals surface area contributed by atoms with E-state index in [-0.39, 0.29) is 16.8 Å². The summed E-state index contributed by atoms with van der Waals surface area (Å²) in [7, 11) is -3.29. The predicted octanol–water partition coefficient (Wildman–Crippen LogP) is 3.11. The molecule has 1 saturated carbocycles. The van der Waals surface area contributed by atoms with Crippen molar-refractivity contribution in [3.63, 3.8) is 0 Å². The molecule has 1 aromatic carbocycles. The fourth-order valence-corrected chi connectivity index (χ4v) is 5.37. The Morgan fingerprint density at radius 1 is 1.00 bits per heavy atom. The Labute approximate surface area is 126 Å². The van der Waals surface area contributed by atoms with Gasteiger partial charge in [0.15, 0.2) is 15.6 Å². The summed E-state index contributed by atoms with van der Waals surface area (Å²) in [6, 6.07) is 5.69. The summed E-state index contributed by atoms with van der Waals surface area (Å²) in [5, 5.41) is -0.301. The molecule has 21 heavy (non-hydrogen) atoms. The monoisotopic (exact) mass is 306 g/mol. The molecule has 0 atom stereocenters. The zero-order valence-electron chi connectivity index (χ0n) is 12.3. The average Bonchev–Trinajstić information content (AvgIpc) is 2.95.